The van der Waals surface area contributed by atoms with Gasteiger partial charge in [-0.25, -0.2) is 14.2 Å². The van der Waals surface area contributed by atoms with E-state index >= 15 is 0 Å². The van der Waals surface area contributed by atoms with Crippen LogP contribution >= 0.6 is 0 Å². The average Bonchev–Trinajstić information content (AvgIpc) is 2.84. The van der Waals surface area contributed by atoms with Gasteiger partial charge in [0.2, 0.25) is 0 Å². The Morgan fingerprint density at radius 2 is 2.32 bits per heavy atom. The Kier molecular flexibility index (Phi) is 3.79. The van der Waals surface area contributed by atoms with Gasteiger partial charge >= 0.3 is 5.97 Å². The van der Waals surface area contributed by atoms with Crippen molar-refractivity contribution in [1.29, 1.82) is 0 Å². The molecule has 5 nitrogen and oxygen atoms in total. The fourth-order valence-electron chi connectivity index (χ4n) is 1.66. The number of hydrogen-bond donors (Lipinski definition) is 1. The van der Waals surface area contributed by atoms with Gasteiger partial charge in [-0.05, 0) is 25.1 Å². The van der Waals surface area contributed by atoms with Crippen LogP contribution in [0.5, 0.6) is 5.75 Å². The van der Waals surface area contributed by atoms with Gasteiger partial charge in [-0.1, -0.05) is 0 Å². The average molecular weight is 264 g/mol. The molecule has 0 aliphatic heterocycles. The normalized spacial score (nSPS) is 10.4. The number of carboxylic acid groups (broad SMARTS) is 1. The number of carboxylic acids is 1. The maximum atomic E-state index is 13.6. The molecule has 2 rings (SSSR count). The van der Waals surface area contributed by atoms with Crippen LogP contribution in [-0.4, -0.2) is 20.6 Å². The minimum atomic E-state index is -1.17. The number of aromatic carboxylic acids is 1. The zero-order valence-corrected chi connectivity index (χ0v) is 10.3. The third kappa shape index (κ3) is 2.90. The van der Waals surface area contributed by atoms with Crippen molar-refractivity contribution >= 4 is 5.97 Å². The molecule has 0 atom stereocenters. The number of nitrogens with zero attached hydrogens (tertiary/aromatic N) is 2. The van der Waals surface area contributed by atoms with Crippen LogP contribution in [0.1, 0.15) is 23.1 Å². The second-order valence-electron chi connectivity index (χ2n) is 3.87. The summed E-state index contributed by atoms with van der Waals surface area (Å²) in [5.41, 5.74) is -0.111. The number of carbonyl (C=O) groups is 1. The second kappa shape index (κ2) is 5.51. The van der Waals surface area contributed by atoms with Crippen molar-refractivity contribution in [3.63, 3.8) is 0 Å². The molecule has 2 aromatic rings. The van der Waals surface area contributed by atoms with Crippen LogP contribution in [-0.2, 0) is 13.2 Å². The summed E-state index contributed by atoms with van der Waals surface area (Å²) in [6, 6.07) is 3.54. The first-order chi connectivity index (χ1) is 9.11. The Bertz CT molecular complexity index is 595. The van der Waals surface area contributed by atoms with E-state index in [4.69, 9.17) is 9.84 Å². The van der Waals surface area contributed by atoms with Crippen LogP contribution in [0, 0.1) is 5.82 Å². The molecule has 0 spiro atoms. The standard InChI is InChI=1S/C13H13FN2O3/c1-2-16-6-5-15-12(16)8-19-11-4-3-9(13(17)18)7-10(11)14/h3-7H,2,8H2,1H3,(H,17,18). The Morgan fingerprint density at radius 1 is 1.53 bits per heavy atom. The van der Waals surface area contributed by atoms with Crippen LogP contribution in [0.15, 0.2) is 30.6 Å². The monoisotopic (exact) mass is 264 g/mol. The van der Waals surface area contributed by atoms with Gasteiger partial charge in [0, 0.05) is 18.9 Å². The minimum Gasteiger partial charge on any atom is -0.483 e. The summed E-state index contributed by atoms with van der Waals surface area (Å²) in [7, 11) is 0. The highest BCUT2D eigenvalue weighted by molar-refractivity contribution is 5.87. The van der Waals surface area contributed by atoms with E-state index in [2.05, 4.69) is 4.98 Å². The second-order valence-corrected chi connectivity index (χ2v) is 3.87. The molecular formula is C13H13FN2O3. The van der Waals surface area contributed by atoms with Gasteiger partial charge in [0.05, 0.1) is 5.56 Å². The molecule has 1 heterocycles. The molecule has 0 amide bonds. The molecule has 0 bridgehead atoms. The van der Waals surface area contributed by atoms with E-state index in [0.29, 0.717) is 5.82 Å². The van der Waals surface area contributed by atoms with E-state index in [1.807, 2.05) is 17.7 Å². The highest BCUT2D eigenvalue weighted by atomic mass is 19.1. The molecule has 0 aliphatic rings. The first kappa shape index (κ1) is 13.1. The largest absolute Gasteiger partial charge is 0.483 e. The predicted octanol–water partition coefficient (Wildman–Crippen LogP) is 2.32. The van der Waals surface area contributed by atoms with E-state index in [1.165, 1.54) is 12.1 Å². The summed E-state index contributed by atoms with van der Waals surface area (Å²) in [6.45, 7) is 2.84. The Labute approximate surface area is 109 Å². The molecule has 19 heavy (non-hydrogen) atoms. The van der Waals surface area contributed by atoms with Crippen molar-refractivity contribution in [1.82, 2.24) is 9.55 Å². The summed E-state index contributed by atoms with van der Waals surface area (Å²) in [5, 5.41) is 8.73. The number of aryl methyl sites for hydroxylation is 1. The summed E-state index contributed by atoms with van der Waals surface area (Å²) in [6.07, 6.45) is 3.45. The lowest BCUT2D eigenvalue weighted by Gasteiger charge is -2.08. The fourth-order valence-corrected chi connectivity index (χ4v) is 1.66. The molecule has 1 aromatic heterocycles. The summed E-state index contributed by atoms with van der Waals surface area (Å²) < 4.78 is 20.8. The van der Waals surface area contributed by atoms with Gasteiger partial charge in [0.1, 0.15) is 12.4 Å². The minimum absolute atomic E-state index is 0.00986. The Morgan fingerprint density at radius 3 is 2.95 bits per heavy atom. The van der Waals surface area contributed by atoms with Gasteiger partial charge in [-0.15, -0.1) is 0 Å². The molecule has 0 saturated heterocycles. The lowest BCUT2D eigenvalue weighted by molar-refractivity contribution is 0.0696. The van der Waals surface area contributed by atoms with Gasteiger partial charge < -0.3 is 14.4 Å². The van der Waals surface area contributed by atoms with Crippen LogP contribution < -0.4 is 4.74 Å². The van der Waals surface area contributed by atoms with Gasteiger partial charge in [-0.2, -0.15) is 0 Å². The van der Waals surface area contributed by atoms with Crippen molar-refractivity contribution in [3.05, 3.63) is 47.8 Å². The van der Waals surface area contributed by atoms with Crippen molar-refractivity contribution in [2.24, 2.45) is 0 Å². The van der Waals surface area contributed by atoms with Crippen LogP contribution in [0.2, 0.25) is 0 Å². The molecule has 0 unspecified atom stereocenters. The molecule has 0 saturated carbocycles. The highest BCUT2D eigenvalue weighted by Gasteiger charge is 2.10. The number of hydrogen-bond acceptors (Lipinski definition) is 3. The van der Waals surface area contributed by atoms with Crippen molar-refractivity contribution < 1.29 is 19.0 Å². The zero-order valence-electron chi connectivity index (χ0n) is 10.3. The number of imidazole rings is 1. The maximum Gasteiger partial charge on any atom is 0.335 e. The van der Waals surface area contributed by atoms with Crippen molar-refractivity contribution in [2.75, 3.05) is 0 Å². The number of benzene rings is 1. The van der Waals surface area contributed by atoms with E-state index in [9.17, 15) is 9.18 Å². The molecular weight excluding hydrogens is 251 g/mol. The molecule has 0 aliphatic carbocycles. The first-order valence-corrected chi connectivity index (χ1v) is 5.77. The molecule has 6 heteroatoms. The molecule has 100 valence electrons. The van der Waals surface area contributed by atoms with Gasteiger partial charge in [0.15, 0.2) is 11.6 Å². The van der Waals surface area contributed by atoms with Gasteiger partial charge in [0.25, 0.3) is 0 Å². The number of ether oxygens (including phenoxy) is 1. The van der Waals surface area contributed by atoms with Crippen molar-refractivity contribution in [3.8, 4) is 5.75 Å². The maximum absolute atomic E-state index is 13.6. The fraction of sp³-hybridized carbons (Fsp3) is 0.231. The first-order valence-electron chi connectivity index (χ1n) is 5.77. The summed E-state index contributed by atoms with van der Waals surface area (Å²) in [5.74, 6) is -1.18. The van der Waals surface area contributed by atoms with Gasteiger partial charge in [-0.3, -0.25) is 0 Å². The van der Waals surface area contributed by atoms with E-state index < -0.39 is 11.8 Å². The summed E-state index contributed by atoms with van der Waals surface area (Å²) in [4.78, 5) is 14.8. The molecule has 1 aromatic carbocycles. The number of halogens is 1. The molecule has 0 radical (unpaired) electrons. The lowest BCUT2D eigenvalue weighted by Crippen LogP contribution is -2.06. The molecule has 1 N–H and O–H groups in total. The number of rotatable bonds is 5. The topological polar surface area (TPSA) is 64.4 Å². The highest BCUT2D eigenvalue weighted by Crippen LogP contribution is 2.19. The smallest absolute Gasteiger partial charge is 0.335 e. The lowest BCUT2D eigenvalue weighted by atomic mass is 10.2. The third-order valence-electron chi connectivity index (χ3n) is 2.68. The number of aromatic nitrogens is 2. The SMILES string of the molecule is CCn1ccnc1COc1ccc(C(=O)O)cc1F. The Balaban J connectivity index is 2.10. The summed E-state index contributed by atoms with van der Waals surface area (Å²) >= 11 is 0. The third-order valence-corrected chi connectivity index (χ3v) is 2.68. The van der Waals surface area contributed by atoms with Crippen LogP contribution in [0.4, 0.5) is 4.39 Å². The Hall–Kier alpha value is -2.37. The van der Waals surface area contributed by atoms with Crippen LogP contribution in [0.25, 0.3) is 0 Å². The van der Waals surface area contributed by atoms with E-state index in [1.54, 1.807) is 6.20 Å². The van der Waals surface area contributed by atoms with E-state index in [-0.39, 0.29) is 17.9 Å². The van der Waals surface area contributed by atoms with Crippen molar-refractivity contribution in [2.45, 2.75) is 20.1 Å². The predicted molar refractivity (Wildman–Crippen MR) is 65.6 cm³/mol. The molecule has 0 fully saturated rings. The zero-order chi connectivity index (χ0) is 13.8. The quantitative estimate of drug-likeness (QED) is 0.900. The van der Waals surface area contributed by atoms with Crippen LogP contribution in [0.3, 0.4) is 0 Å². The van der Waals surface area contributed by atoms with E-state index in [0.717, 1.165) is 12.6 Å².